The van der Waals surface area contributed by atoms with Crippen molar-refractivity contribution in [2.75, 3.05) is 4.90 Å². The Morgan fingerprint density at radius 1 is 0.667 bits per heavy atom. The molecule has 0 bridgehead atoms. The van der Waals surface area contributed by atoms with Gasteiger partial charge in [-0.1, -0.05) is 119 Å². The topological polar surface area (TPSA) is 32.0 Å². The molecule has 0 saturated heterocycles. The van der Waals surface area contributed by atoms with Crippen LogP contribution in [0.3, 0.4) is 0 Å². The summed E-state index contributed by atoms with van der Waals surface area (Å²) in [6.07, 6.45) is 6.72. The molecule has 0 spiro atoms. The van der Waals surface area contributed by atoms with Crippen LogP contribution in [-0.4, -0.2) is 21.7 Å². The number of para-hydroxylation sites is 2. The second-order valence-electron chi connectivity index (χ2n) is 11.6. The van der Waals surface area contributed by atoms with Crippen LogP contribution in [0.4, 0.5) is 23.0 Å². The zero-order chi connectivity index (χ0) is 29.5. The summed E-state index contributed by atoms with van der Waals surface area (Å²) in [6.45, 7) is 0. The molecular formula is C40H25N4S+. The smallest absolute Gasteiger partial charge is 0.323 e. The average molecular weight is 594 g/mol. The van der Waals surface area contributed by atoms with Crippen molar-refractivity contribution in [3.8, 4) is 22.5 Å². The first-order valence-corrected chi connectivity index (χ1v) is 16.0. The summed E-state index contributed by atoms with van der Waals surface area (Å²) in [5, 5.41) is 2.65. The fourth-order valence-corrected chi connectivity index (χ4v) is 8.34. The number of fused-ring (bicyclic) bond motifs is 9. The number of thiophene rings is 1. The lowest BCUT2D eigenvalue weighted by Crippen LogP contribution is -2.43. The van der Waals surface area contributed by atoms with Crippen LogP contribution in [0.1, 0.15) is 5.56 Å². The molecule has 1 aliphatic carbocycles. The molecule has 2 aromatic heterocycles. The van der Waals surface area contributed by atoms with Gasteiger partial charge in [0.2, 0.25) is 0 Å². The Kier molecular flexibility index (Phi) is 5.18. The number of hydrogen-bond donors (Lipinski definition) is 0. The lowest BCUT2D eigenvalue weighted by molar-refractivity contribution is 0.885. The number of hydrogen-bond acceptors (Lipinski definition) is 4. The van der Waals surface area contributed by atoms with E-state index in [-0.39, 0.29) is 6.04 Å². The monoisotopic (exact) mass is 593 g/mol. The first kappa shape index (κ1) is 24.8. The van der Waals surface area contributed by atoms with E-state index < -0.39 is 0 Å². The first-order chi connectivity index (χ1) is 22.3. The Morgan fingerprint density at radius 3 is 2.13 bits per heavy atom. The highest BCUT2D eigenvalue weighted by Gasteiger charge is 2.47. The zero-order valence-electron chi connectivity index (χ0n) is 24.1. The number of allylic oxidation sites excluding steroid dienone is 2. The molecule has 7 aromatic rings. The molecule has 4 heterocycles. The summed E-state index contributed by atoms with van der Waals surface area (Å²) in [5.74, 6) is 0.672. The van der Waals surface area contributed by atoms with Gasteiger partial charge in [-0.25, -0.2) is 0 Å². The minimum atomic E-state index is 0.00770. The van der Waals surface area contributed by atoms with Crippen molar-refractivity contribution >= 4 is 65.8 Å². The van der Waals surface area contributed by atoms with Gasteiger partial charge in [-0.3, -0.25) is 0 Å². The van der Waals surface area contributed by atoms with Gasteiger partial charge in [0.05, 0.1) is 11.4 Å². The molecule has 1 unspecified atom stereocenters. The van der Waals surface area contributed by atoms with Gasteiger partial charge in [0.15, 0.2) is 11.4 Å². The molecule has 4 nitrogen and oxygen atoms in total. The Hall–Kier alpha value is -5.65. The molecule has 10 rings (SSSR count). The number of nitrogens with zero attached hydrogens (tertiary/aromatic N) is 4. The SMILES string of the molecule is C1=CC2=[N+](c3nc(-c4ccccc4)cc(-c4ccccc4)n3)c3ccccc3N3c4c(ccc5sc6ccccc6c45)C(=C1)C23. The molecule has 0 amide bonds. The summed E-state index contributed by atoms with van der Waals surface area (Å²) >= 11 is 1.87. The summed E-state index contributed by atoms with van der Waals surface area (Å²) in [5.41, 5.74) is 11.2. The summed E-state index contributed by atoms with van der Waals surface area (Å²) < 4.78 is 4.92. The molecule has 5 heteroatoms. The van der Waals surface area contributed by atoms with E-state index in [9.17, 15) is 0 Å². The van der Waals surface area contributed by atoms with Gasteiger partial charge in [-0.2, -0.15) is 4.58 Å². The maximum atomic E-state index is 5.27. The minimum absolute atomic E-state index is 0.00770. The molecule has 45 heavy (non-hydrogen) atoms. The van der Waals surface area contributed by atoms with Crippen LogP contribution in [0.15, 0.2) is 146 Å². The average Bonchev–Trinajstić information content (AvgIpc) is 3.66. The van der Waals surface area contributed by atoms with Crippen molar-refractivity contribution in [3.05, 3.63) is 151 Å². The van der Waals surface area contributed by atoms with Crippen LogP contribution in [0.5, 0.6) is 0 Å². The molecule has 5 aromatic carbocycles. The Labute approximate surface area is 264 Å². The lowest BCUT2D eigenvalue weighted by atomic mass is 9.92. The second kappa shape index (κ2) is 9.42. The molecule has 2 aliphatic heterocycles. The number of anilines is 2. The van der Waals surface area contributed by atoms with Crippen molar-refractivity contribution in [1.82, 2.24) is 14.5 Å². The van der Waals surface area contributed by atoms with Gasteiger partial charge in [0.1, 0.15) is 17.4 Å². The predicted octanol–water partition coefficient (Wildman–Crippen LogP) is 9.94. The van der Waals surface area contributed by atoms with E-state index in [1.165, 1.54) is 37.0 Å². The maximum Gasteiger partial charge on any atom is 0.439 e. The van der Waals surface area contributed by atoms with Crippen molar-refractivity contribution in [1.29, 1.82) is 0 Å². The van der Waals surface area contributed by atoms with E-state index in [0.29, 0.717) is 5.95 Å². The van der Waals surface area contributed by atoms with Crippen LogP contribution < -0.4 is 9.48 Å². The molecule has 0 fully saturated rings. The van der Waals surface area contributed by atoms with Gasteiger partial charge in [0.25, 0.3) is 0 Å². The third-order valence-corrected chi connectivity index (χ3v) is 10.3. The van der Waals surface area contributed by atoms with Crippen LogP contribution in [-0.2, 0) is 0 Å². The first-order valence-electron chi connectivity index (χ1n) is 15.2. The van der Waals surface area contributed by atoms with Crippen LogP contribution in [0.2, 0.25) is 0 Å². The summed E-state index contributed by atoms with van der Waals surface area (Å²) in [7, 11) is 0. The van der Waals surface area contributed by atoms with Gasteiger partial charge in [-0.05, 0) is 35.9 Å². The normalized spacial score (nSPS) is 16.1. The highest BCUT2D eigenvalue weighted by atomic mass is 32.1. The quantitative estimate of drug-likeness (QED) is 0.191. The van der Waals surface area contributed by atoms with Crippen LogP contribution >= 0.6 is 11.3 Å². The van der Waals surface area contributed by atoms with Crippen LogP contribution in [0, 0.1) is 0 Å². The molecule has 3 aliphatic rings. The maximum absolute atomic E-state index is 5.27. The van der Waals surface area contributed by atoms with Crippen molar-refractivity contribution in [2.45, 2.75) is 6.04 Å². The summed E-state index contributed by atoms with van der Waals surface area (Å²) in [4.78, 5) is 13.1. The van der Waals surface area contributed by atoms with Gasteiger partial charge in [0, 0.05) is 42.9 Å². The van der Waals surface area contributed by atoms with E-state index in [1.54, 1.807) is 0 Å². The van der Waals surface area contributed by atoms with E-state index >= 15 is 0 Å². The van der Waals surface area contributed by atoms with Crippen molar-refractivity contribution < 1.29 is 0 Å². The Balaban J connectivity index is 1.27. The Bertz CT molecular complexity index is 2380. The number of benzene rings is 5. The molecule has 1 atom stereocenters. The minimum Gasteiger partial charge on any atom is -0.323 e. The van der Waals surface area contributed by atoms with E-state index in [0.717, 1.165) is 39.6 Å². The molecule has 0 N–H and O–H groups in total. The highest BCUT2D eigenvalue weighted by Crippen LogP contribution is 2.56. The zero-order valence-corrected chi connectivity index (χ0v) is 24.9. The lowest BCUT2D eigenvalue weighted by Gasteiger charge is -2.35. The third-order valence-electron chi connectivity index (χ3n) is 9.14. The van der Waals surface area contributed by atoms with Gasteiger partial charge in [-0.15, -0.1) is 11.3 Å². The molecule has 210 valence electrons. The predicted molar refractivity (Wildman–Crippen MR) is 188 cm³/mol. The van der Waals surface area contributed by atoms with Crippen LogP contribution in [0.25, 0.3) is 48.3 Å². The highest BCUT2D eigenvalue weighted by molar-refractivity contribution is 7.26. The summed E-state index contributed by atoms with van der Waals surface area (Å²) in [6, 6.07) is 45.0. The van der Waals surface area contributed by atoms with E-state index in [4.69, 9.17) is 9.97 Å². The van der Waals surface area contributed by atoms with E-state index in [2.05, 4.69) is 143 Å². The van der Waals surface area contributed by atoms with Crippen molar-refractivity contribution in [2.24, 2.45) is 0 Å². The standard InChI is InChI=1S/C40H25N4S/c1-3-12-25(13-4-1)30-24-31(26-14-5-2-6-15-26)42-40(41-30)43-32-18-8-9-19-33(32)44-38-27(17-11-20-34(38)43)28-22-23-36-37(39(28)44)29-16-7-10-21-35(29)45-36/h1-24,38H/q+1. The largest absolute Gasteiger partial charge is 0.439 e. The van der Waals surface area contributed by atoms with Gasteiger partial charge >= 0.3 is 5.95 Å². The molecule has 0 radical (unpaired) electrons. The second-order valence-corrected chi connectivity index (χ2v) is 12.7. The fraction of sp³-hybridized carbons (Fsp3) is 0.0250. The van der Waals surface area contributed by atoms with E-state index in [1.807, 2.05) is 23.5 Å². The third kappa shape index (κ3) is 3.56. The fourth-order valence-electron chi connectivity index (χ4n) is 7.24. The van der Waals surface area contributed by atoms with Gasteiger partial charge < -0.3 is 4.90 Å². The Morgan fingerprint density at radius 2 is 1.36 bits per heavy atom. The number of rotatable bonds is 3. The van der Waals surface area contributed by atoms with Crippen molar-refractivity contribution in [3.63, 3.8) is 0 Å². The molecule has 0 saturated carbocycles. The molecular weight excluding hydrogens is 569 g/mol. The number of aromatic nitrogens is 2.